The summed E-state index contributed by atoms with van der Waals surface area (Å²) in [6.45, 7) is 2.20. The molecule has 0 aliphatic heterocycles. The third-order valence-corrected chi connectivity index (χ3v) is 14.5. The van der Waals surface area contributed by atoms with Crippen LogP contribution >= 0.6 is 11.3 Å². The van der Waals surface area contributed by atoms with Gasteiger partial charge in [-0.25, -0.2) is 0 Å². The van der Waals surface area contributed by atoms with Crippen molar-refractivity contribution in [3.8, 4) is 43.8 Å². The maximum absolute atomic E-state index is 2.49. The molecule has 0 nitrogen and oxygen atoms in total. The second kappa shape index (κ2) is 12.2. The monoisotopic (exact) mass is 756 g/mol. The Morgan fingerprint density at radius 2 is 0.849 bits per heavy atom. The Hall–Kier alpha value is -5.76. The predicted octanol–water partition coefficient (Wildman–Crippen LogP) is 14.7. The second-order valence-electron chi connectivity index (χ2n) is 14.0. The first kappa shape index (κ1) is 30.8. The van der Waals surface area contributed by atoms with E-state index in [1.165, 1.54) is 111 Å². The minimum atomic E-state index is 0.173. The molecule has 0 aliphatic carbocycles. The molecule has 9 aromatic carbocycles. The van der Waals surface area contributed by atoms with Crippen LogP contribution in [0.15, 0.2) is 176 Å². The molecule has 0 spiro atoms. The van der Waals surface area contributed by atoms with Crippen molar-refractivity contribution in [1.29, 1.82) is 0 Å². The molecule has 0 atom stereocenters. The van der Waals surface area contributed by atoms with E-state index >= 15 is 0 Å². The maximum atomic E-state index is 2.49. The molecular formula is C51H32SSe. The summed E-state index contributed by atoms with van der Waals surface area (Å²) in [4.78, 5) is 2.67. The molecule has 0 N–H and O–H groups in total. The fraction of sp³-hybridized carbons (Fsp3) is 0.0196. The molecule has 248 valence electrons. The van der Waals surface area contributed by atoms with Gasteiger partial charge in [-0.3, -0.25) is 0 Å². The SMILES string of the molecule is Cc1ccc(-c2c3ccccc3c(-c3cccc4c3[se]c3ccc(-c5c6ccccc6c(-c6ccccc6)c6ccccc56)cc34)c3ccccc23)s1. The molecule has 0 aliphatic rings. The zero-order chi connectivity index (χ0) is 35.0. The number of benzene rings is 9. The molecule has 0 amide bonds. The average molecular weight is 756 g/mol. The van der Waals surface area contributed by atoms with Crippen LogP contribution < -0.4 is 0 Å². The number of aryl methyl sites for hydroxylation is 1. The van der Waals surface area contributed by atoms with Crippen molar-refractivity contribution in [3.05, 3.63) is 181 Å². The van der Waals surface area contributed by atoms with E-state index in [-0.39, 0.29) is 14.5 Å². The van der Waals surface area contributed by atoms with Gasteiger partial charge in [0, 0.05) is 0 Å². The van der Waals surface area contributed by atoms with Crippen molar-refractivity contribution in [2.24, 2.45) is 0 Å². The van der Waals surface area contributed by atoms with Gasteiger partial charge in [-0.15, -0.1) is 0 Å². The predicted molar refractivity (Wildman–Crippen MR) is 233 cm³/mol. The Morgan fingerprint density at radius 1 is 0.358 bits per heavy atom. The van der Waals surface area contributed by atoms with Crippen molar-refractivity contribution in [2.45, 2.75) is 6.92 Å². The molecular weight excluding hydrogens is 724 g/mol. The van der Waals surface area contributed by atoms with Gasteiger partial charge in [-0.05, 0) is 0 Å². The summed E-state index contributed by atoms with van der Waals surface area (Å²) in [6.07, 6.45) is 0. The Labute approximate surface area is 318 Å². The average Bonchev–Trinajstić information content (AvgIpc) is 3.82. The number of rotatable bonds is 4. The Balaban J connectivity index is 1.18. The third kappa shape index (κ3) is 4.74. The molecule has 0 radical (unpaired) electrons. The minimum absolute atomic E-state index is 0.173. The summed E-state index contributed by atoms with van der Waals surface area (Å²) in [7, 11) is 0. The van der Waals surface area contributed by atoms with Crippen molar-refractivity contribution in [1.82, 2.24) is 0 Å². The molecule has 11 aromatic rings. The number of thiophene rings is 1. The van der Waals surface area contributed by atoms with Crippen LogP contribution in [0.2, 0.25) is 0 Å². The van der Waals surface area contributed by atoms with Crippen LogP contribution in [0, 0.1) is 6.92 Å². The quantitative estimate of drug-likeness (QED) is 0.124. The number of hydrogen-bond acceptors (Lipinski definition) is 1. The summed E-state index contributed by atoms with van der Waals surface area (Å²) in [6, 6.07) is 65.8. The summed E-state index contributed by atoms with van der Waals surface area (Å²) in [5.74, 6) is 0. The molecule has 0 bridgehead atoms. The van der Waals surface area contributed by atoms with E-state index in [1.807, 2.05) is 11.3 Å². The topological polar surface area (TPSA) is 0 Å². The van der Waals surface area contributed by atoms with Gasteiger partial charge in [0.15, 0.2) is 0 Å². The molecule has 0 saturated heterocycles. The van der Waals surface area contributed by atoms with Crippen LogP contribution in [0.1, 0.15) is 4.88 Å². The standard InChI is InChI=1S/C51H32SSe/c1-31-26-28-45(52-31)50-40-22-11-9-20-38(40)49(39-21-10-12-23-41(39)50)43-25-13-24-42-44-30-33(27-29-46(44)53-51(42)43)48-36-18-7-5-16-34(36)47(32-14-3-2-4-15-32)35-17-6-8-19-37(35)48/h2-30H,1H3. The molecule has 2 heterocycles. The summed E-state index contributed by atoms with van der Waals surface area (Å²) in [5.41, 5.74) is 9.21. The molecule has 53 heavy (non-hydrogen) atoms. The fourth-order valence-electron chi connectivity index (χ4n) is 8.76. The first-order chi connectivity index (χ1) is 26.2. The van der Waals surface area contributed by atoms with Crippen molar-refractivity contribution in [2.75, 3.05) is 0 Å². The van der Waals surface area contributed by atoms with Crippen molar-refractivity contribution < 1.29 is 0 Å². The van der Waals surface area contributed by atoms with Gasteiger partial charge in [-0.1, -0.05) is 0 Å². The first-order valence-electron chi connectivity index (χ1n) is 18.2. The summed E-state index contributed by atoms with van der Waals surface area (Å²) in [5, 5.41) is 13.2. The second-order valence-corrected chi connectivity index (χ2v) is 17.4. The Bertz CT molecular complexity index is 3120. The van der Waals surface area contributed by atoms with Crippen molar-refractivity contribution in [3.63, 3.8) is 0 Å². The molecule has 0 unspecified atom stereocenters. The normalized spacial score (nSPS) is 11.9. The number of hydrogen-bond donors (Lipinski definition) is 0. The van der Waals surface area contributed by atoms with Crippen LogP contribution in [-0.4, -0.2) is 14.5 Å². The Morgan fingerprint density at radius 3 is 1.40 bits per heavy atom. The van der Waals surface area contributed by atoms with Crippen LogP contribution in [0.5, 0.6) is 0 Å². The van der Waals surface area contributed by atoms with Crippen LogP contribution in [-0.2, 0) is 0 Å². The van der Waals surface area contributed by atoms with Crippen LogP contribution in [0.25, 0.3) is 106 Å². The van der Waals surface area contributed by atoms with Gasteiger partial charge in [0.25, 0.3) is 0 Å². The van der Waals surface area contributed by atoms with Crippen LogP contribution in [0.4, 0.5) is 0 Å². The third-order valence-electron chi connectivity index (χ3n) is 11.0. The molecule has 2 heteroatoms. The number of fused-ring (bicyclic) bond motifs is 7. The van der Waals surface area contributed by atoms with Gasteiger partial charge >= 0.3 is 320 Å². The molecule has 0 fully saturated rings. The summed E-state index contributed by atoms with van der Waals surface area (Å²) < 4.78 is 2.94. The van der Waals surface area contributed by atoms with Gasteiger partial charge in [0.1, 0.15) is 0 Å². The van der Waals surface area contributed by atoms with E-state index in [0.29, 0.717) is 0 Å². The van der Waals surface area contributed by atoms with E-state index in [9.17, 15) is 0 Å². The van der Waals surface area contributed by atoms with Gasteiger partial charge in [-0.2, -0.15) is 0 Å². The fourth-order valence-corrected chi connectivity index (χ4v) is 12.2. The van der Waals surface area contributed by atoms with Crippen LogP contribution in [0.3, 0.4) is 0 Å². The van der Waals surface area contributed by atoms with E-state index in [0.717, 1.165) is 0 Å². The van der Waals surface area contributed by atoms with Crippen molar-refractivity contribution >= 4 is 88.2 Å². The van der Waals surface area contributed by atoms with E-state index in [2.05, 4.69) is 183 Å². The zero-order valence-corrected chi connectivity index (χ0v) is 31.6. The molecule has 2 aromatic heterocycles. The van der Waals surface area contributed by atoms with Gasteiger partial charge in [0.05, 0.1) is 0 Å². The molecule has 11 rings (SSSR count). The summed E-state index contributed by atoms with van der Waals surface area (Å²) >= 11 is 2.06. The van der Waals surface area contributed by atoms with E-state index in [1.54, 1.807) is 0 Å². The van der Waals surface area contributed by atoms with Gasteiger partial charge in [0.2, 0.25) is 0 Å². The van der Waals surface area contributed by atoms with E-state index in [4.69, 9.17) is 0 Å². The van der Waals surface area contributed by atoms with Gasteiger partial charge < -0.3 is 0 Å². The molecule has 0 saturated carbocycles. The van der Waals surface area contributed by atoms with E-state index < -0.39 is 0 Å². The zero-order valence-electron chi connectivity index (χ0n) is 29.1. The first-order valence-corrected chi connectivity index (χ1v) is 20.7. The Kier molecular flexibility index (Phi) is 7.07.